The van der Waals surface area contributed by atoms with E-state index in [-0.39, 0.29) is 0 Å². The number of allylic oxidation sites excluding steroid dienone is 8. The third kappa shape index (κ3) is 0.818. The van der Waals surface area contributed by atoms with Crippen molar-refractivity contribution in [3.63, 3.8) is 0 Å². The van der Waals surface area contributed by atoms with E-state index >= 15 is 0 Å². The van der Waals surface area contributed by atoms with Gasteiger partial charge in [0.2, 0.25) is 0 Å². The summed E-state index contributed by atoms with van der Waals surface area (Å²) in [6, 6.07) is 0. The van der Waals surface area contributed by atoms with Crippen LogP contribution in [0.15, 0.2) is 45.9 Å². The molecule has 0 atom stereocenters. The van der Waals surface area contributed by atoms with Crippen molar-refractivity contribution in [2.75, 3.05) is 0 Å². The Hall–Kier alpha value is -1.39. The third-order valence-corrected chi connectivity index (χ3v) is 2.17. The summed E-state index contributed by atoms with van der Waals surface area (Å²) >= 11 is 0. The van der Waals surface area contributed by atoms with Gasteiger partial charge in [0.05, 0.1) is 11.1 Å². The van der Waals surface area contributed by atoms with Crippen LogP contribution in [0.1, 0.15) is 6.92 Å². The highest BCUT2D eigenvalue weighted by Gasteiger charge is 2.41. The van der Waals surface area contributed by atoms with Crippen LogP contribution in [0.5, 0.6) is 0 Å². The van der Waals surface area contributed by atoms with Crippen LogP contribution in [0.4, 0.5) is 22.0 Å². The summed E-state index contributed by atoms with van der Waals surface area (Å²) in [6.45, 7) is 1.03. The largest absolute Gasteiger partial charge is 0.206 e. The predicted octanol–water partition coefficient (Wildman–Crippen LogP) is 3.85. The summed E-state index contributed by atoms with van der Waals surface area (Å²) < 4.78 is 64.4. The van der Waals surface area contributed by atoms with Crippen molar-refractivity contribution in [2.45, 2.75) is 6.92 Å². The van der Waals surface area contributed by atoms with Crippen LogP contribution in [0.2, 0.25) is 0 Å². The third-order valence-electron chi connectivity index (χ3n) is 2.17. The van der Waals surface area contributed by atoms with Crippen LogP contribution in [0.3, 0.4) is 0 Å². The summed E-state index contributed by atoms with van der Waals surface area (Å²) in [5.41, 5.74) is -2.40. The molecule has 5 heteroatoms. The Morgan fingerprint density at radius 2 is 1.07 bits per heavy atom. The molecule has 0 radical (unpaired) electrons. The minimum atomic E-state index is -1.84. The molecule has 0 spiro atoms. The molecule has 0 saturated carbocycles. The van der Waals surface area contributed by atoms with Gasteiger partial charge in [0.15, 0.2) is 17.5 Å². The van der Waals surface area contributed by atoms with Gasteiger partial charge in [-0.1, -0.05) is 0 Å². The van der Waals surface area contributed by atoms with Crippen molar-refractivity contribution in [3.05, 3.63) is 45.9 Å². The highest BCUT2D eigenvalue weighted by molar-refractivity contribution is 5.71. The molecule has 0 amide bonds. The molecule has 0 aromatic heterocycles. The van der Waals surface area contributed by atoms with Crippen molar-refractivity contribution in [1.29, 1.82) is 0 Å². The zero-order valence-electron chi connectivity index (χ0n) is 6.89. The van der Waals surface area contributed by atoms with Gasteiger partial charge in [0.1, 0.15) is 11.7 Å². The van der Waals surface area contributed by atoms with Crippen LogP contribution < -0.4 is 0 Å². The number of halogens is 5. The van der Waals surface area contributed by atoms with E-state index in [4.69, 9.17) is 0 Å². The maximum Gasteiger partial charge on any atom is 0.195 e. The molecule has 0 unspecified atom stereocenters. The summed E-state index contributed by atoms with van der Waals surface area (Å²) in [7, 11) is 0. The van der Waals surface area contributed by atoms with Gasteiger partial charge in [0.25, 0.3) is 0 Å². The topological polar surface area (TPSA) is 0 Å². The van der Waals surface area contributed by atoms with E-state index in [1.807, 2.05) is 0 Å². The van der Waals surface area contributed by atoms with E-state index in [2.05, 4.69) is 0 Å². The van der Waals surface area contributed by atoms with Crippen molar-refractivity contribution in [3.8, 4) is 0 Å². The Morgan fingerprint density at radius 3 is 1.57 bits per heavy atom. The number of hydrogen-bond acceptors (Lipinski definition) is 0. The van der Waals surface area contributed by atoms with Gasteiger partial charge in [-0.25, -0.2) is 22.0 Å². The molecule has 0 nitrogen and oxygen atoms in total. The average Bonchev–Trinajstić information content (AvgIpc) is 2.51. The van der Waals surface area contributed by atoms with Gasteiger partial charge < -0.3 is 0 Å². The normalized spacial score (nSPS) is 21.9. The molecule has 74 valence electrons. The van der Waals surface area contributed by atoms with E-state index in [9.17, 15) is 22.0 Å². The van der Waals surface area contributed by atoms with Gasteiger partial charge in [-0.2, -0.15) is 0 Å². The molecule has 0 aromatic carbocycles. The lowest BCUT2D eigenvalue weighted by Gasteiger charge is -1.93. The predicted molar refractivity (Wildman–Crippen MR) is 39.3 cm³/mol. The molecule has 0 saturated heterocycles. The Morgan fingerprint density at radius 1 is 0.571 bits per heavy atom. The van der Waals surface area contributed by atoms with Gasteiger partial charge in [0, 0.05) is 5.57 Å². The van der Waals surface area contributed by atoms with E-state index in [0.29, 0.717) is 0 Å². The monoisotopic (exact) mass is 206 g/mol. The van der Waals surface area contributed by atoms with Gasteiger partial charge in [-0.15, -0.1) is 0 Å². The summed E-state index contributed by atoms with van der Waals surface area (Å²) in [5, 5.41) is 0. The van der Waals surface area contributed by atoms with Crippen molar-refractivity contribution in [2.24, 2.45) is 0 Å². The molecule has 0 N–H and O–H groups in total. The maximum atomic E-state index is 13.1. The van der Waals surface area contributed by atoms with E-state index in [1.165, 1.54) is 0 Å². The minimum absolute atomic E-state index is 0.507. The first-order valence-electron chi connectivity index (χ1n) is 3.69. The first-order chi connectivity index (χ1) is 6.46. The van der Waals surface area contributed by atoms with Crippen molar-refractivity contribution in [1.82, 2.24) is 0 Å². The summed E-state index contributed by atoms with van der Waals surface area (Å²) in [4.78, 5) is 0. The fraction of sp³-hybridized carbons (Fsp3) is 0.111. The van der Waals surface area contributed by atoms with Crippen LogP contribution in [0.25, 0.3) is 0 Å². The molecule has 2 aliphatic rings. The van der Waals surface area contributed by atoms with Crippen LogP contribution >= 0.6 is 0 Å². The molecule has 0 bridgehead atoms. The van der Waals surface area contributed by atoms with Gasteiger partial charge in [-0.05, 0) is 6.92 Å². The van der Waals surface area contributed by atoms with Gasteiger partial charge >= 0.3 is 0 Å². The Labute approximate surface area is 75.7 Å². The second kappa shape index (κ2) is 2.56. The summed E-state index contributed by atoms with van der Waals surface area (Å²) in [6.07, 6.45) is 0. The smallest absolute Gasteiger partial charge is 0.195 e. The Balaban J connectivity index is 2.76. The molecule has 2 aliphatic carbocycles. The molecular weight excluding hydrogens is 203 g/mol. The molecule has 14 heavy (non-hydrogen) atoms. The minimum Gasteiger partial charge on any atom is -0.206 e. The molecule has 0 aliphatic heterocycles. The van der Waals surface area contributed by atoms with Crippen LogP contribution in [0, 0.1) is 0 Å². The molecule has 0 heterocycles. The second-order valence-corrected chi connectivity index (χ2v) is 2.94. The molecule has 2 rings (SSSR count). The molecule has 0 fully saturated rings. The Kier molecular flexibility index (Phi) is 1.68. The zero-order valence-corrected chi connectivity index (χ0v) is 6.89. The van der Waals surface area contributed by atoms with E-state index in [0.717, 1.165) is 6.92 Å². The molecule has 0 aromatic rings. The maximum absolute atomic E-state index is 13.1. The lowest BCUT2D eigenvalue weighted by Crippen LogP contribution is -1.82. The van der Waals surface area contributed by atoms with Crippen molar-refractivity contribution >= 4 is 0 Å². The van der Waals surface area contributed by atoms with E-state index in [1.54, 1.807) is 0 Å². The first-order valence-corrected chi connectivity index (χ1v) is 3.69. The zero-order chi connectivity index (χ0) is 10.6. The van der Waals surface area contributed by atoms with Crippen LogP contribution in [-0.4, -0.2) is 0 Å². The van der Waals surface area contributed by atoms with E-state index < -0.39 is 45.9 Å². The summed E-state index contributed by atoms with van der Waals surface area (Å²) in [5.74, 6) is -7.70. The fourth-order valence-corrected chi connectivity index (χ4v) is 1.42. The second-order valence-electron chi connectivity index (χ2n) is 2.94. The lowest BCUT2D eigenvalue weighted by molar-refractivity contribution is 0.508. The first kappa shape index (κ1) is 9.18. The number of fused-ring (bicyclic) bond motifs is 1. The number of rotatable bonds is 0. The fourth-order valence-electron chi connectivity index (χ4n) is 1.42. The Bertz CT molecular complexity index is 418. The van der Waals surface area contributed by atoms with Gasteiger partial charge in [-0.3, -0.25) is 0 Å². The standard InChI is InChI=1S/C9H3F5/c1-2-5(10)3-4(6(2)11)8(13)9(14)7(3)12/h1H3. The highest BCUT2D eigenvalue weighted by atomic mass is 19.2. The molecular formula is C9H3F5. The number of hydrogen-bond donors (Lipinski definition) is 0. The highest BCUT2D eigenvalue weighted by Crippen LogP contribution is 2.51. The SMILES string of the molecule is CC1=C(F)C2=C(F)C(F)=C(F)C2=C1F. The quantitative estimate of drug-likeness (QED) is 0.528. The van der Waals surface area contributed by atoms with Crippen molar-refractivity contribution < 1.29 is 22.0 Å². The average molecular weight is 206 g/mol. The van der Waals surface area contributed by atoms with Crippen LogP contribution in [-0.2, 0) is 0 Å². The lowest BCUT2D eigenvalue weighted by atomic mass is 10.2.